The Hall–Kier alpha value is -2.76. The van der Waals surface area contributed by atoms with Crippen molar-refractivity contribution in [2.24, 2.45) is 0 Å². The van der Waals surface area contributed by atoms with E-state index in [9.17, 15) is 18.4 Å². The maximum Gasteiger partial charge on any atom is 0.320 e. The van der Waals surface area contributed by atoms with Crippen LogP contribution in [0.15, 0.2) is 36.4 Å². The van der Waals surface area contributed by atoms with E-state index in [0.717, 1.165) is 23.3 Å². The molecule has 0 heterocycles. The van der Waals surface area contributed by atoms with Crippen molar-refractivity contribution in [2.75, 3.05) is 5.32 Å². The van der Waals surface area contributed by atoms with Gasteiger partial charge >= 0.3 is 5.97 Å². The molecule has 0 aliphatic rings. The van der Waals surface area contributed by atoms with Crippen molar-refractivity contribution in [2.45, 2.75) is 46.0 Å². The second kappa shape index (κ2) is 8.75. The summed E-state index contributed by atoms with van der Waals surface area (Å²) in [6, 6.07) is 8.86. The molecule has 0 aromatic heterocycles. The molecular formula is C21H23F2NO3. The first kappa shape index (κ1) is 20.6. The van der Waals surface area contributed by atoms with Gasteiger partial charge in [-0.15, -0.1) is 0 Å². The van der Waals surface area contributed by atoms with Gasteiger partial charge in [-0.3, -0.25) is 9.59 Å². The summed E-state index contributed by atoms with van der Waals surface area (Å²) in [6.45, 7) is 7.91. The van der Waals surface area contributed by atoms with Crippen LogP contribution in [-0.4, -0.2) is 11.9 Å². The van der Waals surface area contributed by atoms with Crippen LogP contribution in [0.2, 0.25) is 0 Å². The Balaban J connectivity index is 2.15. The Morgan fingerprint density at radius 2 is 1.41 bits per heavy atom. The first-order valence-corrected chi connectivity index (χ1v) is 8.78. The summed E-state index contributed by atoms with van der Waals surface area (Å²) in [5, 5.41) is 2.08. The molecular weight excluding hydrogens is 352 g/mol. The molecule has 2 aromatic carbocycles. The Morgan fingerprint density at radius 1 is 0.926 bits per heavy atom. The Morgan fingerprint density at radius 3 is 1.89 bits per heavy atom. The molecule has 0 spiro atoms. The molecule has 0 aliphatic heterocycles. The number of carbonyl (C=O) groups is 2. The largest absolute Gasteiger partial charge is 0.426 e. The smallest absolute Gasteiger partial charge is 0.320 e. The van der Waals surface area contributed by atoms with Crippen LogP contribution in [0.5, 0.6) is 5.75 Å². The predicted molar refractivity (Wildman–Crippen MR) is 99.9 cm³/mol. The Bertz CT molecular complexity index is 801. The zero-order valence-corrected chi connectivity index (χ0v) is 15.8. The lowest BCUT2D eigenvalue weighted by molar-refractivity contribution is -0.137. The molecule has 0 aliphatic carbocycles. The molecule has 4 nitrogen and oxygen atoms in total. The van der Waals surface area contributed by atoms with Crippen molar-refractivity contribution in [1.82, 2.24) is 0 Å². The number of ether oxygens (including phenoxy) is 1. The minimum absolute atomic E-state index is 0.118. The highest BCUT2D eigenvalue weighted by molar-refractivity contribution is 6.02. The fourth-order valence-electron chi connectivity index (χ4n) is 2.68. The summed E-state index contributed by atoms with van der Waals surface area (Å²) in [4.78, 5) is 24.3. The van der Waals surface area contributed by atoms with Gasteiger partial charge in [0.05, 0.1) is 0 Å². The average Bonchev–Trinajstić information content (AvgIpc) is 2.57. The van der Waals surface area contributed by atoms with Crippen molar-refractivity contribution < 1.29 is 23.1 Å². The van der Waals surface area contributed by atoms with Gasteiger partial charge in [-0.1, -0.05) is 52.0 Å². The molecule has 0 bridgehead atoms. The molecule has 27 heavy (non-hydrogen) atoms. The van der Waals surface area contributed by atoms with Crippen LogP contribution >= 0.6 is 0 Å². The molecule has 0 saturated carbocycles. The third kappa shape index (κ3) is 5.12. The highest BCUT2D eigenvalue weighted by Crippen LogP contribution is 2.34. The van der Waals surface area contributed by atoms with Crippen molar-refractivity contribution in [3.8, 4) is 5.75 Å². The zero-order chi connectivity index (χ0) is 20.1. The van der Waals surface area contributed by atoms with Crippen molar-refractivity contribution in [3.05, 3.63) is 59.2 Å². The number of rotatable bonds is 6. The van der Waals surface area contributed by atoms with Gasteiger partial charge in [0, 0.05) is 0 Å². The van der Waals surface area contributed by atoms with Gasteiger partial charge in [-0.05, 0) is 35.1 Å². The maximum atomic E-state index is 13.6. The highest BCUT2D eigenvalue weighted by Gasteiger charge is 2.21. The standard InChI is InChI=1S/C21H23F2NO3/c1-12(2)14-7-5-8-15(13(3)4)21(14)27-19(26)11-18(25)24-20-16(22)9-6-10-17(20)23/h5-10,12-13H,11H2,1-4H3,(H,24,25). The minimum Gasteiger partial charge on any atom is -0.426 e. The van der Waals surface area contributed by atoms with Crippen LogP contribution in [-0.2, 0) is 9.59 Å². The van der Waals surface area contributed by atoms with E-state index in [1.165, 1.54) is 6.07 Å². The summed E-state index contributed by atoms with van der Waals surface area (Å²) < 4.78 is 32.7. The van der Waals surface area contributed by atoms with E-state index in [4.69, 9.17) is 4.74 Å². The number of amides is 1. The topological polar surface area (TPSA) is 55.4 Å². The number of para-hydroxylation sites is 2. The lowest BCUT2D eigenvalue weighted by Crippen LogP contribution is -2.22. The number of halogens is 2. The van der Waals surface area contributed by atoms with Gasteiger partial charge in [-0.25, -0.2) is 8.78 Å². The van der Waals surface area contributed by atoms with Crippen LogP contribution in [0.25, 0.3) is 0 Å². The normalized spacial score (nSPS) is 11.0. The van der Waals surface area contributed by atoms with Gasteiger partial charge < -0.3 is 10.1 Å². The number of esters is 1. The molecule has 0 unspecified atom stereocenters. The van der Waals surface area contributed by atoms with E-state index in [1.54, 1.807) is 0 Å². The molecule has 1 amide bonds. The number of hydrogen-bond donors (Lipinski definition) is 1. The molecule has 0 saturated heterocycles. The van der Waals surface area contributed by atoms with Crippen molar-refractivity contribution in [1.29, 1.82) is 0 Å². The first-order chi connectivity index (χ1) is 12.7. The monoisotopic (exact) mass is 375 g/mol. The van der Waals surface area contributed by atoms with Gasteiger partial charge in [0.1, 0.15) is 29.5 Å². The molecule has 0 radical (unpaired) electrons. The summed E-state index contributed by atoms with van der Waals surface area (Å²) in [5.41, 5.74) is 1.13. The Labute approximate surface area is 157 Å². The van der Waals surface area contributed by atoms with Gasteiger partial charge in [-0.2, -0.15) is 0 Å². The summed E-state index contributed by atoms with van der Waals surface area (Å²) in [6.07, 6.45) is -0.655. The zero-order valence-electron chi connectivity index (χ0n) is 15.8. The number of hydrogen-bond acceptors (Lipinski definition) is 3. The second-order valence-electron chi connectivity index (χ2n) is 6.87. The van der Waals surface area contributed by atoms with Crippen LogP contribution in [0.1, 0.15) is 57.1 Å². The van der Waals surface area contributed by atoms with Crippen LogP contribution in [0.3, 0.4) is 0 Å². The third-order valence-corrected chi connectivity index (χ3v) is 4.07. The maximum absolute atomic E-state index is 13.6. The predicted octanol–water partition coefficient (Wildman–Crippen LogP) is 5.15. The number of benzene rings is 2. The lowest BCUT2D eigenvalue weighted by Gasteiger charge is -2.18. The number of nitrogens with one attached hydrogen (secondary N) is 1. The summed E-state index contributed by atoms with van der Waals surface area (Å²) in [5.74, 6) is -2.79. The molecule has 144 valence electrons. The SMILES string of the molecule is CC(C)c1cccc(C(C)C)c1OC(=O)CC(=O)Nc1c(F)cccc1F. The summed E-state index contributed by atoms with van der Waals surface area (Å²) >= 11 is 0. The molecule has 2 rings (SSSR count). The van der Waals surface area contributed by atoms with E-state index in [0.29, 0.717) is 5.75 Å². The molecule has 2 aromatic rings. The van der Waals surface area contributed by atoms with Crippen LogP contribution < -0.4 is 10.1 Å². The third-order valence-electron chi connectivity index (χ3n) is 4.07. The van der Waals surface area contributed by atoms with E-state index >= 15 is 0 Å². The van der Waals surface area contributed by atoms with Gasteiger partial charge in [0.15, 0.2) is 0 Å². The van der Waals surface area contributed by atoms with Crippen molar-refractivity contribution >= 4 is 17.6 Å². The molecule has 0 fully saturated rings. The average molecular weight is 375 g/mol. The van der Waals surface area contributed by atoms with E-state index in [2.05, 4.69) is 5.32 Å². The van der Waals surface area contributed by atoms with Gasteiger partial charge in [0.2, 0.25) is 5.91 Å². The lowest BCUT2D eigenvalue weighted by atomic mass is 9.94. The van der Waals surface area contributed by atoms with Gasteiger partial charge in [0.25, 0.3) is 0 Å². The number of anilines is 1. The van der Waals surface area contributed by atoms with E-state index in [1.807, 2.05) is 45.9 Å². The minimum atomic E-state index is -0.913. The first-order valence-electron chi connectivity index (χ1n) is 8.78. The Kier molecular flexibility index (Phi) is 6.66. The molecule has 1 N–H and O–H groups in total. The van der Waals surface area contributed by atoms with Crippen molar-refractivity contribution in [3.63, 3.8) is 0 Å². The van der Waals surface area contributed by atoms with Crippen LogP contribution in [0, 0.1) is 11.6 Å². The molecule has 0 atom stereocenters. The second-order valence-corrected chi connectivity index (χ2v) is 6.87. The van der Waals surface area contributed by atoms with E-state index < -0.39 is 35.6 Å². The summed E-state index contributed by atoms with van der Waals surface area (Å²) in [7, 11) is 0. The molecule has 6 heteroatoms. The number of carbonyl (C=O) groups excluding carboxylic acids is 2. The van der Waals surface area contributed by atoms with Crippen LogP contribution in [0.4, 0.5) is 14.5 Å². The highest BCUT2D eigenvalue weighted by atomic mass is 19.1. The fourth-order valence-corrected chi connectivity index (χ4v) is 2.68. The van der Waals surface area contributed by atoms with E-state index in [-0.39, 0.29) is 11.8 Å². The fraction of sp³-hybridized carbons (Fsp3) is 0.333. The quantitative estimate of drug-likeness (QED) is 0.432.